The first kappa shape index (κ1) is 20.4. The first-order valence-corrected chi connectivity index (χ1v) is 8.77. The summed E-state index contributed by atoms with van der Waals surface area (Å²) in [4.78, 5) is 23.7. The second-order valence-corrected chi connectivity index (χ2v) is 7.25. The van der Waals surface area contributed by atoms with Crippen LogP contribution in [0, 0.1) is 12.7 Å². The van der Waals surface area contributed by atoms with Crippen LogP contribution in [0.1, 0.15) is 36.7 Å². The van der Waals surface area contributed by atoms with Crippen LogP contribution in [0.15, 0.2) is 42.5 Å². The van der Waals surface area contributed by atoms with Crippen LogP contribution in [-0.4, -0.2) is 30.7 Å². The summed E-state index contributed by atoms with van der Waals surface area (Å²) in [6.07, 6.45) is -0.564. The van der Waals surface area contributed by atoms with E-state index in [1.54, 1.807) is 26.8 Å². The molecule has 0 saturated heterocycles. The zero-order chi connectivity index (χ0) is 20.0. The van der Waals surface area contributed by atoms with Crippen molar-refractivity contribution < 1.29 is 18.7 Å². The molecule has 0 aliphatic carbocycles. The number of aryl methyl sites for hydroxylation is 1. The highest BCUT2D eigenvalue weighted by Crippen LogP contribution is 2.22. The van der Waals surface area contributed by atoms with Gasteiger partial charge in [0, 0.05) is 13.1 Å². The molecule has 0 radical (unpaired) electrons. The lowest BCUT2D eigenvalue weighted by Gasteiger charge is -2.19. The third-order valence-electron chi connectivity index (χ3n) is 3.68. The van der Waals surface area contributed by atoms with Gasteiger partial charge < -0.3 is 15.4 Å². The van der Waals surface area contributed by atoms with Crippen molar-refractivity contribution in [3.05, 3.63) is 59.4 Å². The fourth-order valence-corrected chi connectivity index (χ4v) is 2.37. The van der Waals surface area contributed by atoms with Gasteiger partial charge in [-0.25, -0.2) is 9.18 Å². The third kappa shape index (κ3) is 6.40. The molecule has 6 heteroatoms. The van der Waals surface area contributed by atoms with Crippen molar-refractivity contribution in [1.82, 2.24) is 10.6 Å². The number of nitrogens with one attached hydrogen (secondary N) is 2. The Morgan fingerprint density at radius 3 is 2.15 bits per heavy atom. The van der Waals surface area contributed by atoms with E-state index in [-0.39, 0.29) is 18.7 Å². The van der Waals surface area contributed by atoms with Crippen LogP contribution >= 0.6 is 0 Å². The second-order valence-electron chi connectivity index (χ2n) is 7.25. The van der Waals surface area contributed by atoms with Crippen LogP contribution in [0.3, 0.4) is 0 Å². The van der Waals surface area contributed by atoms with Crippen molar-refractivity contribution in [3.8, 4) is 11.1 Å². The molecular weight excluding hydrogens is 347 g/mol. The molecule has 2 rings (SSSR count). The molecule has 0 atom stereocenters. The summed E-state index contributed by atoms with van der Waals surface area (Å²) in [5.74, 6) is -1.13. The van der Waals surface area contributed by atoms with E-state index in [1.807, 2.05) is 31.2 Å². The molecule has 0 spiro atoms. The van der Waals surface area contributed by atoms with E-state index in [4.69, 9.17) is 4.74 Å². The molecule has 0 saturated carbocycles. The molecule has 0 fully saturated rings. The molecule has 2 amide bonds. The van der Waals surface area contributed by atoms with Crippen LogP contribution < -0.4 is 10.6 Å². The van der Waals surface area contributed by atoms with Crippen molar-refractivity contribution in [3.63, 3.8) is 0 Å². The summed E-state index contributed by atoms with van der Waals surface area (Å²) in [5, 5.41) is 5.10. The fraction of sp³-hybridized carbons (Fsp3) is 0.333. The van der Waals surface area contributed by atoms with Crippen LogP contribution in [0.5, 0.6) is 0 Å². The normalized spacial score (nSPS) is 11.0. The Balaban J connectivity index is 1.89. The van der Waals surface area contributed by atoms with Gasteiger partial charge in [0.25, 0.3) is 5.91 Å². The first-order valence-electron chi connectivity index (χ1n) is 8.77. The highest BCUT2D eigenvalue weighted by atomic mass is 19.1. The Morgan fingerprint density at radius 1 is 0.963 bits per heavy atom. The Bertz CT molecular complexity index is 811. The molecule has 2 aromatic carbocycles. The minimum atomic E-state index is -0.592. The molecular formula is C21H25FN2O3. The van der Waals surface area contributed by atoms with Crippen molar-refractivity contribution in [2.24, 2.45) is 0 Å². The van der Waals surface area contributed by atoms with Gasteiger partial charge in [-0.1, -0.05) is 35.9 Å². The summed E-state index contributed by atoms with van der Waals surface area (Å²) >= 11 is 0. The van der Waals surface area contributed by atoms with Crippen molar-refractivity contribution >= 4 is 12.0 Å². The summed E-state index contributed by atoms with van der Waals surface area (Å²) in [7, 11) is 0. The zero-order valence-corrected chi connectivity index (χ0v) is 16.1. The Morgan fingerprint density at radius 2 is 1.56 bits per heavy atom. The number of halogens is 1. The van der Waals surface area contributed by atoms with Gasteiger partial charge in [0.1, 0.15) is 11.4 Å². The largest absolute Gasteiger partial charge is 0.444 e. The lowest BCUT2D eigenvalue weighted by molar-refractivity contribution is 0.0526. The van der Waals surface area contributed by atoms with E-state index in [1.165, 1.54) is 12.1 Å². The number of alkyl carbamates (subject to hydrolysis) is 1. The summed E-state index contributed by atoms with van der Waals surface area (Å²) in [6, 6.07) is 12.2. The number of rotatable bonds is 5. The monoisotopic (exact) mass is 372 g/mol. The molecule has 0 aromatic heterocycles. The average molecular weight is 372 g/mol. The predicted octanol–water partition coefficient (Wildman–Crippen LogP) is 4.06. The lowest BCUT2D eigenvalue weighted by Crippen LogP contribution is -2.38. The minimum Gasteiger partial charge on any atom is -0.444 e. The van der Waals surface area contributed by atoms with Gasteiger partial charge >= 0.3 is 6.09 Å². The van der Waals surface area contributed by atoms with Crippen LogP contribution in [0.2, 0.25) is 0 Å². The molecule has 0 bridgehead atoms. The maximum atomic E-state index is 14.3. The van der Waals surface area contributed by atoms with Gasteiger partial charge in [0.05, 0.1) is 5.56 Å². The number of amides is 2. The maximum Gasteiger partial charge on any atom is 0.407 e. The quantitative estimate of drug-likeness (QED) is 0.778. The van der Waals surface area contributed by atoms with Gasteiger partial charge in [-0.3, -0.25) is 4.79 Å². The second kappa shape index (κ2) is 8.66. The lowest BCUT2D eigenvalue weighted by atomic mass is 10.0. The summed E-state index contributed by atoms with van der Waals surface area (Å²) in [5.41, 5.74) is 2.08. The van der Waals surface area contributed by atoms with E-state index >= 15 is 0 Å². The van der Waals surface area contributed by atoms with Crippen molar-refractivity contribution in [2.75, 3.05) is 13.1 Å². The van der Waals surface area contributed by atoms with Gasteiger partial charge in [-0.05, 0) is 51.0 Å². The molecule has 0 aliphatic rings. The standard InChI is InChI=1S/C21H25FN2O3/c1-14-5-7-15(8-6-14)16-9-10-17(18(22)13-16)19(25)23-11-12-24-20(26)27-21(2,3)4/h5-10,13H,11-12H2,1-4H3,(H,23,25)(H,24,26). The van der Waals surface area contributed by atoms with E-state index in [0.717, 1.165) is 11.1 Å². The fourth-order valence-electron chi connectivity index (χ4n) is 2.37. The Hall–Kier alpha value is -2.89. The predicted molar refractivity (Wildman–Crippen MR) is 103 cm³/mol. The first-order chi connectivity index (χ1) is 12.7. The average Bonchev–Trinajstić information content (AvgIpc) is 2.57. The van der Waals surface area contributed by atoms with Gasteiger partial charge in [-0.2, -0.15) is 0 Å². The Kier molecular flexibility index (Phi) is 6.55. The topological polar surface area (TPSA) is 67.4 Å². The number of hydrogen-bond acceptors (Lipinski definition) is 3. The van der Waals surface area contributed by atoms with E-state index in [2.05, 4.69) is 10.6 Å². The van der Waals surface area contributed by atoms with Crippen molar-refractivity contribution in [1.29, 1.82) is 0 Å². The smallest absolute Gasteiger partial charge is 0.407 e. The molecule has 2 aromatic rings. The SMILES string of the molecule is Cc1ccc(-c2ccc(C(=O)NCCNC(=O)OC(C)(C)C)c(F)c2)cc1. The molecule has 0 aliphatic heterocycles. The van der Waals surface area contributed by atoms with Crippen LogP contribution in [0.25, 0.3) is 11.1 Å². The molecule has 27 heavy (non-hydrogen) atoms. The van der Waals surface area contributed by atoms with Gasteiger partial charge in [0.15, 0.2) is 0 Å². The van der Waals surface area contributed by atoms with Crippen LogP contribution in [0.4, 0.5) is 9.18 Å². The molecule has 0 unspecified atom stereocenters. The number of hydrogen-bond donors (Lipinski definition) is 2. The highest BCUT2D eigenvalue weighted by Gasteiger charge is 2.16. The molecule has 144 valence electrons. The van der Waals surface area contributed by atoms with E-state index < -0.39 is 23.4 Å². The minimum absolute atomic E-state index is 0.0388. The molecule has 0 heterocycles. The molecule has 2 N–H and O–H groups in total. The van der Waals surface area contributed by atoms with E-state index in [9.17, 15) is 14.0 Å². The Labute approximate surface area is 158 Å². The number of benzene rings is 2. The van der Waals surface area contributed by atoms with Crippen molar-refractivity contribution in [2.45, 2.75) is 33.3 Å². The molecule has 5 nitrogen and oxygen atoms in total. The van der Waals surface area contributed by atoms with Crippen LogP contribution in [-0.2, 0) is 4.74 Å². The van der Waals surface area contributed by atoms with Gasteiger partial charge in [-0.15, -0.1) is 0 Å². The zero-order valence-electron chi connectivity index (χ0n) is 16.1. The maximum absolute atomic E-state index is 14.3. The third-order valence-corrected chi connectivity index (χ3v) is 3.68. The summed E-state index contributed by atoms with van der Waals surface area (Å²) < 4.78 is 19.4. The number of carbonyl (C=O) groups is 2. The number of ether oxygens (including phenoxy) is 1. The summed E-state index contributed by atoms with van der Waals surface area (Å²) in [6.45, 7) is 7.61. The number of carbonyl (C=O) groups excluding carboxylic acids is 2. The van der Waals surface area contributed by atoms with Gasteiger partial charge in [0.2, 0.25) is 0 Å². The van der Waals surface area contributed by atoms with E-state index in [0.29, 0.717) is 5.56 Å². The highest BCUT2D eigenvalue weighted by molar-refractivity contribution is 5.95.